The molecular formula is C9H5Cl2F3. The van der Waals surface area contributed by atoms with Gasteiger partial charge in [0.05, 0.1) is 5.56 Å². The molecule has 0 aliphatic rings. The third-order valence-corrected chi connectivity index (χ3v) is 2.09. The second kappa shape index (κ2) is 3.83. The average Bonchev–Trinajstić information content (AvgIpc) is 2.01. The second-order valence-corrected chi connectivity index (χ2v) is 3.43. The van der Waals surface area contributed by atoms with Gasteiger partial charge in [-0.15, -0.1) is 0 Å². The molecule has 1 aromatic rings. The molecule has 0 amide bonds. The zero-order valence-corrected chi connectivity index (χ0v) is 8.34. The first kappa shape index (κ1) is 11.4. The smallest absolute Gasteiger partial charge is 0.166 e. The van der Waals surface area contributed by atoms with Crippen molar-refractivity contribution in [1.82, 2.24) is 0 Å². The van der Waals surface area contributed by atoms with Crippen molar-refractivity contribution in [2.24, 2.45) is 0 Å². The maximum atomic E-state index is 12.4. The second-order valence-electron chi connectivity index (χ2n) is 2.57. The third-order valence-electron chi connectivity index (χ3n) is 1.59. The van der Waals surface area contributed by atoms with Gasteiger partial charge >= 0.3 is 6.18 Å². The Morgan fingerprint density at radius 3 is 2.21 bits per heavy atom. The van der Waals surface area contributed by atoms with Gasteiger partial charge in [0.1, 0.15) is 0 Å². The molecule has 0 bridgehead atoms. The summed E-state index contributed by atoms with van der Waals surface area (Å²) in [5.41, 5.74) is -1.13. The Labute approximate surface area is 88.9 Å². The molecule has 0 aliphatic carbocycles. The van der Waals surface area contributed by atoms with E-state index in [1.807, 2.05) is 0 Å². The van der Waals surface area contributed by atoms with Gasteiger partial charge in [0, 0.05) is 15.6 Å². The van der Waals surface area contributed by atoms with Crippen LogP contribution in [0.15, 0.2) is 24.8 Å². The fourth-order valence-electron chi connectivity index (χ4n) is 1.04. The Bertz CT molecular complexity index is 369. The van der Waals surface area contributed by atoms with Gasteiger partial charge in [-0.2, -0.15) is 13.2 Å². The predicted octanol–water partition coefficient (Wildman–Crippen LogP) is 4.57. The van der Waals surface area contributed by atoms with Crippen LogP contribution in [0.5, 0.6) is 0 Å². The lowest BCUT2D eigenvalue weighted by Gasteiger charge is -2.12. The van der Waals surface area contributed by atoms with Crippen LogP contribution in [-0.4, -0.2) is 0 Å². The largest absolute Gasteiger partial charge is 0.417 e. The molecule has 1 aromatic carbocycles. The molecule has 76 valence electrons. The SMILES string of the molecule is C=C(Cl)c1c(Cl)cccc1C(F)(F)F. The van der Waals surface area contributed by atoms with Crippen LogP contribution in [0.2, 0.25) is 5.02 Å². The van der Waals surface area contributed by atoms with Gasteiger partial charge in [-0.25, -0.2) is 0 Å². The maximum Gasteiger partial charge on any atom is 0.417 e. The highest BCUT2D eigenvalue weighted by atomic mass is 35.5. The van der Waals surface area contributed by atoms with Gasteiger partial charge in [0.2, 0.25) is 0 Å². The van der Waals surface area contributed by atoms with Crippen molar-refractivity contribution in [3.05, 3.63) is 40.9 Å². The molecule has 0 spiro atoms. The summed E-state index contributed by atoms with van der Waals surface area (Å²) in [6.45, 7) is 3.24. The monoisotopic (exact) mass is 240 g/mol. The molecular weight excluding hydrogens is 236 g/mol. The molecule has 0 unspecified atom stereocenters. The number of hydrogen-bond donors (Lipinski definition) is 0. The van der Waals surface area contributed by atoms with E-state index >= 15 is 0 Å². The van der Waals surface area contributed by atoms with Crippen molar-refractivity contribution in [3.8, 4) is 0 Å². The summed E-state index contributed by atoms with van der Waals surface area (Å²) in [5.74, 6) is 0. The highest BCUT2D eigenvalue weighted by molar-refractivity contribution is 6.50. The number of hydrogen-bond acceptors (Lipinski definition) is 0. The zero-order chi connectivity index (χ0) is 10.9. The Morgan fingerprint density at radius 2 is 1.86 bits per heavy atom. The highest BCUT2D eigenvalue weighted by Gasteiger charge is 2.34. The van der Waals surface area contributed by atoms with E-state index in [1.54, 1.807) is 0 Å². The molecule has 0 heterocycles. The van der Waals surface area contributed by atoms with E-state index in [0.717, 1.165) is 6.07 Å². The normalized spacial score (nSPS) is 11.5. The summed E-state index contributed by atoms with van der Waals surface area (Å²) < 4.78 is 37.3. The van der Waals surface area contributed by atoms with Crippen LogP contribution in [0.4, 0.5) is 13.2 Å². The summed E-state index contributed by atoms with van der Waals surface area (Å²) in [5, 5.41) is -0.275. The molecule has 0 saturated carbocycles. The van der Waals surface area contributed by atoms with Gasteiger partial charge in [-0.05, 0) is 12.1 Å². The number of benzene rings is 1. The highest BCUT2D eigenvalue weighted by Crippen LogP contribution is 2.38. The predicted molar refractivity (Wildman–Crippen MR) is 51.3 cm³/mol. The van der Waals surface area contributed by atoms with E-state index in [1.165, 1.54) is 12.1 Å². The summed E-state index contributed by atoms with van der Waals surface area (Å²) >= 11 is 11.0. The van der Waals surface area contributed by atoms with Gasteiger partial charge in [-0.3, -0.25) is 0 Å². The van der Waals surface area contributed by atoms with Gasteiger partial charge in [-0.1, -0.05) is 35.8 Å². The van der Waals surface area contributed by atoms with E-state index < -0.39 is 11.7 Å². The quantitative estimate of drug-likeness (QED) is 0.675. The Hall–Kier alpha value is -0.670. The first-order chi connectivity index (χ1) is 6.34. The van der Waals surface area contributed by atoms with E-state index in [0.29, 0.717) is 0 Å². The van der Waals surface area contributed by atoms with Crippen LogP contribution < -0.4 is 0 Å². The maximum absolute atomic E-state index is 12.4. The topological polar surface area (TPSA) is 0 Å². The number of rotatable bonds is 1. The minimum atomic E-state index is -4.47. The summed E-state index contributed by atoms with van der Waals surface area (Å²) in [7, 11) is 0. The van der Waals surface area contributed by atoms with Crippen molar-refractivity contribution in [3.63, 3.8) is 0 Å². The lowest BCUT2D eigenvalue weighted by atomic mass is 10.1. The Balaban J connectivity index is 3.44. The first-order valence-electron chi connectivity index (χ1n) is 3.54. The van der Waals surface area contributed by atoms with Crippen molar-refractivity contribution in [1.29, 1.82) is 0 Å². The molecule has 0 aliphatic heterocycles. The minimum Gasteiger partial charge on any atom is -0.166 e. The number of alkyl halides is 3. The van der Waals surface area contributed by atoms with Crippen LogP contribution in [-0.2, 0) is 6.18 Å². The third kappa shape index (κ3) is 2.22. The molecule has 0 nitrogen and oxygen atoms in total. The fraction of sp³-hybridized carbons (Fsp3) is 0.111. The van der Waals surface area contributed by atoms with E-state index in [4.69, 9.17) is 23.2 Å². The van der Waals surface area contributed by atoms with Crippen LogP contribution in [0.1, 0.15) is 11.1 Å². The van der Waals surface area contributed by atoms with Crippen molar-refractivity contribution < 1.29 is 13.2 Å². The van der Waals surface area contributed by atoms with Crippen molar-refractivity contribution >= 4 is 28.2 Å². The molecule has 14 heavy (non-hydrogen) atoms. The molecule has 0 N–H and O–H groups in total. The molecule has 0 fully saturated rings. The first-order valence-corrected chi connectivity index (χ1v) is 4.30. The number of halogens is 5. The van der Waals surface area contributed by atoms with Crippen LogP contribution in [0, 0.1) is 0 Å². The lowest BCUT2D eigenvalue weighted by Crippen LogP contribution is -2.08. The molecule has 0 saturated heterocycles. The molecule has 5 heteroatoms. The molecule has 1 rings (SSSR count). The summed E-state index contributed by atoms with van der Waals surface area (Å²) in [6, 6.07) is 3.46. The van der Waals surface area contributed by atoms with Gasteiger partial charge in [0.25, 0.3) is 0 Å². The average molecular weight is 241 g/mol. The van der Waals surface area contributed by atoms with Gasteiger partial charge in [0.15, 0.2) is 0 Å². The molecule has 0 radical (unpaired) electrons. The van der Waals surface area contributed by atoms with Crippen LogP contribution >= 0.6 is 23.2 Å². The summed E-state index contributed by atoms with van der Waals surface area (Å²) in [6.07, 6.45) is -4.47. The molecule has 0 aromatic heterocycles. The Morgan fingerprint density at radius 1 is 1.29 bits per heavy atom. The minimum absolute atomic E-state index is 0.0557. The fourth-order valence-corrected chi connectivity index (χ4v) is 1.58. The van der Waals surface area contributed by atoms with E-state index in [2.05, 4.69) is 6.58 Å². The van der Waals surface area contributed by atoms with Crippen molar-refractivity contribution in [2.45, 2.75) is 6.18 Å². The molecule has 0 atom stereocenters. The lowest BCUT2D eigenvalue weighted by molar-refractivity contribution is -0.137. The van der Waals surface area contributed by atoms with Crippen molar-refractivity contribution in [2.75, 3.05) is 0 Å². The van der Waals surface area contributed by atoms with E-state index in [-0.39, 0.29) is 15.6 Å². The Kier molecular flexibility index (Phi) is 3.12. The van der Waals surface area contributed by atoms with Gasteiger partial charge < -0.3 is 0 Å². The van der Waals surface area contributed by atoms with Crippen LogP contribution in [0.25, 0.3) is 5.03 Å². The summed E-state index contributed by atoms with van der Waals surface area (Å²) in [4.78, 5) is 0. The van der Waals surface area contributed by atoms with E-state index in [9.17, 15) is 13.2 Å². The van der Waals surface area contributed by atoms with Crippen LogP contribution in [0.3, 0.4) is 0 Å². The zero-order valence-electron chi connectivity index (χ0n) is 6.83. The standard InChI is InChI=1S/C9H5Cl2F3/c1-5(10)8-6(9(12,13)14)3-2-4-7(8)11/h2-4H,1H2.